The number of amides is 2. The van der Waals surface area contributed by atoms with Crippen molar-refractivity contribution in [1.82, 2.24) is 0 Å². The summed E-state index contributed by atoms with van der Waals surface area (Å²) in [5, 5.41) is 0. The Morgan fingerprint density at radius 3 is 2.20 bits per heavy atom. The van der Waals surface area contributed by atoms with Gasteiger partial charge in [-0.1, -0.05) is 24.3 Å². The molecule has 0 aromatic heterocycles. The van der Waals surface area contributed by atoms with Crippen LogP contribution in [0.15, 0.2) is 48.5 Å². The molecule has 6 rings (SSSR count). The van der Waals surface area contributed by atoms with Gasteiger partial charge in [0, 0.05) is 12.3 Å². The third kappa shape index (κ3) is 1.78. The number of hydrogen-bond acceptors (Lipinski definition) is 3. The molecule has 4 aliphatic rings. The fourth-order valence-electron chi connectivity index (χ4n) is 4.80. The average molecular weight is 335 g/mol. The minimum Gasteiger partial charge on any atom is -0.299 e. The molecule has 1 aliphatic heterocycles. The topological polar surface area (TPSA) is 54.5 Å². The summed E-state index contributed by atoms with van der Waals surface area (Å²) in [6, 6.07) is 12.9. The number of benzene rings is 2. The molecule has 1 saturated heterocycles. The van der Waals surface area contributed by atoms with Gasteiger partial charge >= 0.3 is 0 Å². The second-order valence-corrected chi connectivity index (χ2v) is 6.92. The van der Waals surface area contributed by atoms with E-state index in [9.17, 15) is 18.8 Å². The summed E-state index contributed by atoms with van der Waals surface area (Å²) >= 11 is 0. The van der Waals surface area contributed by atoms with E-state index in [4.69, 9.17) is 0 Å². The van der Waals surface area contributed by atoms with Crippen molar-refractivity contribution in [3.05, 3.63) is 65.5 Å². The number of anilines is 1. The highest BCUT2D eigenvalue weighted by molar-refractivity contribution is 6.24. The van der Waals surface area contributed by atoms with Gasteiger partial charge in [-0.2, -0.15) is 0 Å². The van der Waals surface area contributed by atoms with E-state index in [2.05, 4.69) is 0 Å². The minimum atomic E-state index is -0.640. The normalized spacial score (nSPS) is 29.8. The summed E-state index contributed by atoms with van der Waals surface area (Å²) in [6.45, 7) is 0. The molecule has 0 N–H and O–H groups in total. The Balaban J connectivity index is 1.65. The first-order chi connectivity index (χ1) is 12.1. The van der Waals surface area contributed by atoms with Crippen LogP contribution in [0.25, 0.3) is 0 Å². The molecule has 1 heterocycles. The molecule has 4 nitrogen and oxygen atoms in total. The standard InChI is InChI=1S/C20H14FNO3/c21-10-5-7-11(8-6-10)22-19(24)17-14-9-15(23)16(18(17)20(22)25)13-4-2-1-3-12(13)14/h1-8,14,16-18H,9H2/t14-,16+,17+,18+/m0/s1. The molecule has 3 aliphatic carbocycles. The Morgan fingerprint density at radius 2 is 1.48 bits per heavy atom. The number of carbonyl (C=O) groups excluding carboxylic acids is 3. The van der Waals surface area contributed by atoms with Crippen molar-refractivity contribution in [2.24, 2.45) is 11.8 Å². The van der Waals surface area contributed by atoms with Crippen molar-refractivity contribution in [3.8, 4) is 0 Å². The molecule has 0 radical (unpaired) electrons. The zero-order chi connectivity index (χ0) is 17.3. The summed E-state index contributed by atoms with van der Waals surface area (Å²) in [5.74, 6) is -2.96. The molecule has 2 bridgehead atoms. The van der Waals surface area contributed by atoms with Crippen LogP contribution in [-0.2, 0) is 14.4 Å². The van der Waals surface area contributed by atoms with Crippen LogP contribution in [0.5, 0.6) is 0 Å². The van der Waals surface area contributed by atoms with Crippen LogP contribution in [0.2, 0.25) is 0 Å². The Kier molecular flexibility index (Phi) is 2.82. The van der Waals surface area contributed by atoms with Gasteiger partial charge in [-0.05, 0) is 35.4 Å². The molecule has 4 atom stereocenters. The monoisotopic (exact) mass is 335 g/mol. The maximum absolute atomic E-state index is 13.2. The van der Waals surface area contributed by atoms with E-state index in [-0.39, 0.29) is 23.5 Å². The number of ketones is 1. The van der Waals surface area contributed by atoms with Crippen LogP contribution in [0.3, 0.4) is 0 Å². The number of Topliss-reactive ketones (excluding diaryl/α,β-unsaturated/α-hetero) is 1. The van der Waals surface area contributed by atoms with Crippen molar-refractivity contribution in [1.29, 1.82) is 0 Å². The summed E-state index contributed by atoms with van der Waals surface area (Å²) < 4.78 is 13.2. The highest BCUT2D eigenvalue weighted by Gasteiger charge is 2.62. The molecule has 2 amide bonds. The smallest absolute Gasteiger partial charge is 0.238 e. The molecule has 0 spiro atoms. The maximum Gasteiger partial charge on any atom is 0.238 e. The third-order valence-corrected chi connectivity index (χ3v) is 5.77. The minimum absolute atomic E-state index is 0.0343. The molecular weight excluding hydrogens is 321 g/mol. The lowest BCUT2D eigenvalue weighted by Gasteiger charge is -2.43. The molecule has 2 aromatic rings. The Labute approximate surface area is 143 Å². The van der Waals surface area contributed by atoms with Crippen LogP contribution in [0.1, 0.15) is 29.4 Å². The summed E-state index contributed by atoms with van der Waals surface area (Å²) in [7, 11) is 0. The third-order valence-electron chi connectivity index (χ3n) is 5.77. The molecule has 5 heteroatoms. The molecule has 2 aromatic carbocycles. The molecule has 2 fully saturated rings. The number of fused-ring (bicyclic) bond motifs is 1. The second-order valence-electron chi connectivity index (χ2n) is 6.92. The van der Waals surface area contributed by atoms with E-state index in [0.29, 0.717) is 12.1 Å². The van der Waals surface area contributed by atoms with Crippen molar-refractivity contribution >= 4 is 23.3 Å². The van der Waals surface area contributed by atoms with Crippen LogP contribution < -0.4 is 4.90 Å². The van der Waals surface area contributed by atoms with Gasteiger partial charge in [0.25, 0.3) is 0 Å². The summed E-state index contributed by atoms with van der Waals surface area (Å²) in [4.78, 5) is 39.8. The molecule has 1 saturated carbocycles. The lowest BCUT2D eigenvalue weighted by molar-refractivity contribution is -0.134. The molecule has 124 valence electrons. The van der Waals surface area contributed by atoms with Gasteiger partial charge in [0.05, 0.1) is 23.4 Å². The lowest BCUT2D eigenvalue weighted by atomic mass is 9.56. The largest absolute Gasteiger partial charge is 0.299 e. The van der Waals surface area contributed by atoms with Crippen molar-refractivity contribution in [2.75, 3.05) is 4.90 Å². The molecular formula is C20H14FNO3. The number of rotatable bonds is 1. The van der Waals surface area contributed by atoms with Crippen LogP contribution in [0.4, 0.5) is 10.1 Å². The predicted molar refractivity (Wildman–Crippen MR) is 87.4 cm³/mol. The van der Waals surface area contributed by atoms with Gasteiger partial charge in [0.2, 0.25) is 11.8 Å². The van der Waals surface area contributed by atoms with E-state index in [1.165, 1.54) is 24.3 Å². The van der Waals surface area contributed by atoms with Gasteiger partial charge in [-0.3, -0.25) is 19.3 Å². The van der Waals surface area contributed by atoms with Gasteiger partial charge in [-0.15, -0.1) is 0 Å². The fourth-order valence-corrected chi connectivity index (χ4v) is 4.80. The van der Waals surface area contributed by atoms with Crippen molar-refractivity contribution < 1.29 is 18.8 Å². The first-order valence-electron chi connectivity index (χ1n) is 8.33. The van der Waals surface area contributed by atoms with Gasteiger partial charge in [0.15, 0.2) is 0 Å². The van der Waals surface area contributed by atoms with Gasteiger partial charge in [-0.25, -0.2) is 4.39 Å². The van der Waals surface area contributed by atoms with E-state index in [1.54, 1.807) is 0 Å². The zero-order valence-corrected chi connectivity index (χ0v) is 13.2. The Hall–Kier alpha value is -2.82. The lowest BCUT2D eigenvalue weighted by Crippen LogP contribution is -2.44. The van der Waals surface area contributed by atoms with Gasteiger partial charge < -0.3 is 0 Å². The van der Waals surface area contributed by atoms with Crippen LogP contribution in [0, 0.1) is 17.7 Å². The van der Waals surface area contributed by atoms with Crippen molar-refractivity contribution in [3.63, 3.8) is 0 Å². The number of nitrogens with zero attached hydrogens (tertiary/aromatic N) is 1. The summed E-state index contributed by atoms with van der Waals surface area (Å²) in [5.41, 5.74) is 2.25. The zero-order valence-electron chi connectivity index (χ0n) is 13.2. The Morgan fingerprint density at radius 1 is 0.840 bits per heavy atom. The maximum atomic E-state index is 13.2. The first-order valence-corrected chi connectivity index (χ1v) is 8.33. The first kappa shape index (κ1) is 14.5. The highest BCUT2D eigenvalue weighted by Crippen LogP contribution is 2.57. The van der Waals surface area contributed by atoms with E-state index >= 15 is 0 Å². The van der Waals surface area contributed by atoms with Crippen molar-refractivity contribution in [2.45, 2.75) is 18.3 Å². The van der Waals surface area contributed by atoms with E-state index in [1.807, 2.05) is 24.3 Å². The number of hydrogen-bond donors (Lipinski definition) is 0. The number of imide groups is 1. The highest BCUT2D eigenvalue weighted by atomic mass is 19.1. The average Bonchev–Trinajstić information content (AvgIpc) is 2.88. The van der Waals surface area contributed by atoms with Crippen LogP contribution in [-0.4, -0.2) is 17.6 Å². The predicted octanol–water partition coefficient (Wildman–Crippen LogP) is 2.79. The van der Waals surface area contributed by atoms with E-state index < -0.39 is 23.6 Å². The SMILES string of the molecule is O=C1C[C@H]2c3ccccc3[C@H]1[C@H]1C(=O)N(c3ccc(F)cc3)C(=O)[C@@H]12. The van der Waals surface area contributed by atoms with E-state index in [0.717, 1.165) is 16.0 Å². The summed E-state index contributed by atoms with van der Waals surface area (Å²) in [6.07, 6.45) is 0.305. The number of carbonyl (C=O) groups is 3. The fraction of sp³-hybridized carbons (Fsp3) is 0.250. The molecule has 0 unspecified atom stereocenters. The Bertz CT molecular complexity index is 936. The van der Waals surface area contributed by atoms with Gasteiger partial charge in [0.1, 0.15) is 11.6 Å². The molecule has 25 heavy (non-hydrogen) atoms. The number of halogens is 1. The van der Waals surface area contributed by atoms with Crippen LogP contribution >= 0.6 is 0 Å². The quantitative estimate of drug-likeness (QED) is 0.753. The second kappa shape index (κ2) is 4.85.